The summed E-state index contributed by atoms with van der Waals surface area (Å²) >= 11 is 0. The number of nitrogens with one attached hydrogen (secondary N) is 1. The molecule has 0 radical (unpaired) electrons. The third kappa shape index (κ3) is 1.53. The quantitative estimate of drug-likeness (QED) is 0.708. The van der Waals surface area contributed by atoms with Crippen molar-refractivity contribution >= 4 is 11.2 Å². The van der Waals surface area contributed by atoms with Crippen LogP contribution < -0.4 is 10.3 Å². The number of fused-ring (bicyclic) bond motifs is 1. The predicted molar refractivity (Wildman–Crippen MR) is 63.8 cm³/mol. The van der Waals surface area contributed by atoms with Gasteiger partial charge in [0.25, 0.3) is 5.56 Å². The summed E-state index contributed by atoms with van der Waals surface area (Å²) in [5.41, 5.74) is 1.04. The number of hydrogen-bond donors (Lipinski definition) is 1. The lowest BCUT2D eigenvalue weighted by Gasteiger charge is -2.03. The lowest BCUT2D eigenvalue weighted by atomic mass is 10.3. The van der Waals surface area contributed by atoms with E-state index in [1.807, 2.05) is 18.2 Å². The van der Waals surface area contributed by atoms with Crippen molar-refractivity contribution in [2.45, 2.75) is 0 Å². The van der Waals surface area contributed by atoms with Crippen LogP contribution in [-0.4, -0.2) is 32.1 Å². The largest absolute Gasteiger partial charge is 0.497 e. The van der Waals surface area contributed by atoms with E-state index in [2.05, 4.69) is 20.3 Å². The van der Waals surface area contributed by atoms with Gasteiger partial charge in [-0.2, -0.15) is 4.68 Å². The van der Waals surface area contributed by atoms with E-state index in [-0.39, 0.29) is 11.1 Å². The Morgan fingerprint density at radius 1 is 1.39 bits per heavy atom. The minimum atomic E-state index is -0.311. The summed E-state index contributed by atoms with van der Waals surface area (Å²) in [6.07, 6.45) is 1.32. The fourth-order valence-corrected chi connectivity index (χ4v) is 1.68. The molecule has 7 nitrogen and oxygen atoms in total. The predicted octanol–water partition coefficient (Wildman–Crippen LogP) is 0.512. The average molecular weight is 243 g/mol. The van der Waals surface area contributed by atoms with Gasteiger partial charge in [-0.1, -0.05) is 11.3 Å². The highest BCUT2D eigenvalue weighted by Gasteiger charge is 2.10. The third-order valence-electron chi connectivity index (χ3n) is 2.54. The lowest BCUT2D eigenvalue weighted by Crippen LogP contribution is -2.07. The number of aromatic nitrogens is 5. The Morgan fingerprint density at radius 2 is 2.28 bits per heavy atom. The van der Waals surface area contributed by atoms with Gasteiger partial charge in [0.05, 0.1) is 19.1 Å². The lowest BCUT2D eigenvalue weighted by molar-refractivity contribution is 0.414. The van der Waals surface area contributed by atoms with Crippen molar-refractivity contribution in [3.05, 3.63) is 40.9 Å². The van der Waals surface area contributed by atoms with Crippen molar-refractivity contribution in [1.82, 2.24) is 25.0 Å². The van der Waals surface area contributed by atoms with E-state index in [0.717, 1.165) is 5.69 Å². The van der Waals surface area contributed by atoms with Crippen molar-refractivity contribution in [3.8, 4) is 11.4 Å². The fourth-order valence-electron chi connectivity index (χ4n) is 1.68. The molecule has 2 heterocycles. The number of H-pyrrole nitrogens is 1. The zero-order valence-corrected chi connectivity index (χ0v) is 9.49. The molecule has 0 saturated carbocycles. The Kier molecular flexibility index (Phi) is 2.30. The molecular formula is C11H9N5O2. The van der Waals surface area contributed by atoms with Crippen LogP contribution >= 0.6 is 0 Å². The molecule has 0 bridgehead atoms. The summed E-state index contributed by atoms with van der Waals surface area (Å²) < 4.78 is 6.63. The molecule has 0 amide bonds. The molecule has 0 atom stereocenters. The highest BCUT2D eigenvalue weighted by molar-refractivity contribution is 5.70. The third-order valence-corrected chi connectivity index (χ3v) is 2.54. The summed E-state index contributed by atoms with van der Waals surface area (Å²) in [6, 6.07) is 7.27. The van der Waals surface area contributed by atoms with Crippen LogP contribution in [0.25, 0.3) is 16.9 Å². The van der Waals surface area contributed by atoms with E-state index in [9.17, 15) is 4.79 Å². The molecular weight excluding hydrogens is 234 g/mol. The van der Waals surface area contributed by atoms with Gasteiger partial charge < -0.3 is 9.72 Å². The molecule has 2 aromatic heterocycles. The highest BCUT2D eigenvalue weighted by atomic mass is 16.5. The Bertz CT molecular complexity index is 761. The van der Waals surface area contributed by atoms with Crippen LogP contribution in [0.1, 0.15) is 0 Å². The maximum absolute atomic E-state index is 11.5. The first-order valence-corrected chi connectivity index (χ1v) is 5.23. The van der Waals surface area contributed by atoms with Crippen LogP contribution in [0.2, 0.25) is 0 Å². The number of benzene rings is 1. The highest BCUT2D eigenvalue weighted by Crippen LogP contribution is 2.17. The summed E-state index contributed by atoms with van der Waals surface area (Å²) in [7, 11) is 1.58. The smallest absolute Gasteiger partial charge is 0.280 e. The second-order valence-electron chi connectivity index (χ2n) is 3.61. The molecule has 0 spiro atoms. The maximum atomic E-state index is 11.5. The van der Waals surface area contributed by atoms with Crippen molar-refractivity contribution in [3.63, 3.8) is 0 Å². The summed E-state index contributed by atoms with van der Waals surface area (Å²) in [4.78, 5) is 18.0. The summed E-state index contributed by atoms with van der Waals surface area (Å²) in [6.45, 7) is 0. The molecule has 0 saturated heterocycles. The van der Waals surface area contributed by atoms with Crippen LogP contribution in [0, 0.1) is 0 Å². The number of rotatable bonds is 2. The first-order valence-electron chi connectivity index (χ1n) is 5.23. The van der Waals surface area contributed by atoms with E-state index in [1.165, 1.54) is 11.0 Å². The Hall–Kier alpha value is -2.70. The zero-order chi connectivity index (χ0) is 12.5. The molecule has 0 fully saturated rings. The molecule has 3 aromatic rings. The van der Waals surface area contributed by atoms with E-state index in [4.69, 9.17) is 4.74 Å². The van der Waals surface area contributed by atoms with Gasteiger partial charge in [0, 0.05) is 6.07 Å². The zero-order valence-electron chi connectivity index (χ0n) is 9.49. The van der Waals surface area contributed by atoms with E-state index in [0.29, 0.717) is 11.4 Å². The van der Waals surface area contributed by atoms with Crippen LogP contribution in [0.3, 0.4) is 0 Å². The molecule has 0 aliphatic rings. The van der Waals surface area contributed by atoms with Gasteiger partial charge in [-0.05, 0) is 12.1 Å². The van der Waals surface area contributed by atoms with E-state index < -0.39 is 0 Å². The van der Waals surface area contributed by atoms with Gasteiger partial charge in [-0.15, -0.1) is 5.10 Å². The standard InChI is InChI=1S/C11H9N5O2/c1-18-8-4-2-3-7(5-8)16-10-9(14-15-16)11(17)13-6-12-10/h2-6H,1H3,(H,12,13,17). The second-order valence-corrected chi connectivity index (χ2v) is 3.61. The number of ether oxygens (including phenoxy) is 1. The molecule has 0 aliphatic carbocycles. The van der Waals surface area contributed by atoms with Crippen molar-refractivity contribution in [1.29, 1.82) is 0 Å². The molecule has 0 aliphatic heterocycles. The summed E-state index contributed by atoms with van der Waals surface area (Å²) in [5.74, 6) is 0.695. The summed E-state index contributed by atoms with van der Waals surface area (Å²) in [5, 5.41) is 7.75. The molecule has 18 heavy (non-hydrogen) atoms. The molecule has 0 unspecified atom stereocenters. The minimum absolute atomic E-state index is 0.209. The Balaban J connectivity index is 2.25. The minimum Gasteiger partial charge on any atom is -0.497 e. The van der Waals surface area contributed by atoms with Crippen LogP contribution in [0.4, 0.5) is 0 Å². The number of nitrogens with zero attached hydrogens (tertiary/aromatic N) is 4. The molecule has 90 valence electrons. The van der Waals surface area contributed by atoms with Crippen molar-refractivity contribution in [2.75, 3.05) is 7.11 Å². The van der Waals surface area contributed by atoms with Gasteiger partial charge in [0.2, 0.25) is 0 Å². The molecule has 3 rings (SSSR count). The van der Waals surface area contributed by atoms with Gasteiger partial charge in [0.1, 0.15) is 5.75 Å². The molecule has 1 aromatic carbocycles. The van der Waals surface area contributed by atoms with Gasteiger partial charge in [-0.3, -0.25) is 4.79 Å². The second kappa shape index (κ2) is 3.95. The normalized spacial score (nSPS) is 10.7. The van der Waals surface area contributed by atoms with E-state index in [1.54, 1.807) is 13.2 Å². The first-order chi connectivity index (χ1) is 8.79. The Labute approximate surface area is 101 Å². The molecule has 7 heteroatoms. The van der Waals surface area contributed by atoms with Crippen molar-refractivity contribution < 1.29 is 4.74 Å². The maximum Gasteiger partial charge on any atom is 0.280 e. The van der Waals surface area contributed by atoms with Crippen LogP contribution in [0.15, 0.2) is 35.4 Å². The SMILES string of the molecule is COc1cccc(-n2nnc3c(=O)[nH]cnc32)c1. The van der Waals surface area contributed by atoms with Gasteiger partial charge in [0.15, 0.2) is 11.2 Å². The van der Waals surface area contributed by atoms with Gasteiger partial charge >= 0.3 is 0 Å². The number of methoxy groups -OCH3 is 1. The van der Waals surface area contributed by atoms with Crippen LogP contribution in [-0.2, 0) is 0 Å². The number of hydrogen-bond acceptors (Lipinski definition) is 5. The van der Waals surface area contributed by atoms with Crippen LogP contribution in [0.5, 0.6) is 5.75 Å². The average Bonchev–Trinajstić information content (AvgIpc) is 2.84. The first kappa shape index (κ1) is 10.5. The van der Waals surface area contributed by atoms with Gasteiger partial charge in [-0.25, -0.2) is 4.98 Å². The topological polar surface area (TPSA) is 85.7 Å². The number of aromatic amines is 1. The fraction of sp³-hybridized carbons (Fsp3) is 0.0909. The van der Waals surface area contributed by atoms with Crippen molar-refractivity contribution in [2.24, 2.45) is 0 Å². The Morgan fingerprint density at radius 3 is 3.11 bits per heavy atom. The monoisotopic (exact) mass is 243 g/mol. The van der Waals surface area contributed by atoms with E-state index >= 15 is 0 Å². The molecule has 1 N–H and O–H groups in total.